The van der Waals surface area contributed by atoms with Crippen LogP contribution in [-0.2, 0) is 13.6 Å². The molecule has 4 nitrogen and oxygen atoms in total. The highest BCUT2D eigenvalue weighted by Crippen LogP contribution is 2.29. The summed E-state index contributed by atoms with van der Waals surface area (Å²) in [6, 6.07) is 11.5. The fraction of sp³-hybridized carbons (Fsp3) is 0.250. The maximum atomic E-state index is 13.1. The van der Waals surface area contributed by atoms with Crippen LogP contribution < -0.4 is 4.57 Å². The van der Waals surface area contributed by atoms with E-state index in [2.05, 4.69) is 6.92 Å². The number of ketones is 2. The molecular formula is C20H19N2O2+. The first-order valence-corrected chi connectivity index (χ1v) is 8.32. The molecule has 0 spiro atoms. The summed E-state index contributed by atoms with van der Waals surface area (Å²) >= 11 is 0. The first kappa shape index (κ1) is 14.8. The minimum atomic E-state index is -0.0666. The minimum absolute atomic E-state index is 0.0537. The molecule has 0 bridgehead atoms. The Morgan fingerprint density at radius 3 is 2.25 bits per heavy atom. The van der Waals surface area contributed by atoms with Crippen LogP contribution in [0, 0.1) is 0 Å². The Hall–Kier alpha value is -2.75. The summed E-state index contributed by atoms with van der Waals surface area (Å²) in [7, 11) is 1.83. The number of hydrogen-bond acceptors (Lipinski definition) is 2. The van der Waals surface area contributed by atoms with Gasteiger partial charge in [-0.2, -0.15) is 0 Å². The van der Waals surface area contributed by atoms with Gasteiger partial charge in [0.2, 0.25) is 29.3 Å². The molecule has 1 aliphatic rings. The van der Waals surface area contributed by atoms with Gasteiger partial charge < -0.3 is 0 Å². The third-order valence-corrected chi connectivity index (χ3v) is 4.73. The van der Waals surface area contributed by atoms with Crippen molar-refractivity contribution < 1.29 is 14.2 Å². The number of benzene rings is 2. The SMILES string of the molecule is CCCCn1c[n+](C)c2c1C(=O)c1cc3ccccc3cc1C2=O. The van der Waals surface area contributed by atoms with Gasteiger partial charge in [0.05, 0.1) is 13.6 Å². The first-order chi connectivity index (χ1) is 11.6. The lowest BCUT2D eigenvalue weighted by Crippen LogP contribution is -2.36. The molecule has 0 aliphatic heterocycles. The number of unbranched alkanes of at least 4 members (excludes halogenated alkanes) is 1. The van der Waals surface area contributed by atoms with Crippen LogP contribution in [0.2, 0.25) is 0 Å². The summed E-state index contributed by atoms with van der Waals surface area (Å²) < 4.78 is 3.71. The Labute approximate surface area is 140 Å². The summed E-state index contributed by atoms with van der Waals surface area (Å²) in [4.78, 5) is 26.1. The number of aryl methyl sites for hydroxylation is 2. The number of rotatable bonds is 3. The lowest BCUT2D eigenvalue weighted by Gasteiger charge is -2.14. The Balaban J connectivity index is 1.95. The smallest absolute Gasteiger partial charge is 0.244 e. The maximum absolute atomic E-state index is 13.1. The summed E-state index contributed by atoms with van der Waals surface area (Å²) in [6.45, 7) is 2.87. The number of fused-ring (bicyclic) bond motifs is 3. The third-order valence-electron chi connectivity index (χ3n) is 4.73. The maximum Gasteiger partial charge on any atom is 0.244 e. The number of hydrogen-bond donors (Lipinski definition) is 0. The predicted molar refractivity (Wildman–Crippen MR) is 91.3 cm³/mol. The molecule has 120 valence electrons. The minimum Gasteiger partial charge on any atom is -0.284 e. The second-order valence-electron chi connectivity index (χ2n) is 6.37. The average Bonchev–Trinajstić information content (AvgIpc) is 2.93. The number of carbonyl (C=O) groups is 2. The highest BCUT2D eigenvalue weighted by atomic mass is 16.1. The number of nitrogens with zero attached hydrogens (tertiary/aromatic N) is 2. The number of imidazole rings is 1. The zero-order valence-corrected chi connectivity index (χ0v) is 13.9. The Bertz CT molecular complexity index is 998. The highest BCUT2D eigenvalue weighted by Gasteiger charge is 2.40. The fourth-order valence-electron chi connectivity index (χ4n) is 3.50. The van der Waals surface area contributed by atoms with E-state index in [0.717, 1.165) is 30.2 Å². The number of carbonyl (C=O) groups excluding carboxylic acids is 2. The summed E-state index contributed by atoms with van der Waals surface area (Å²) in [6.07, 6.45) is 3.88. The van der Waals surface area contributed by atoms with Gasteiger partial charge in [-0.05, 0) is 29.3 Å². The van der Waals surface area contributed by atoms with Crippen molar-refractivity contribution in [3.63, 3.8) is 0 Å². The van der Waals surface area contributed by atoms with Crippen LogP contribution >= 0.6 is 0 Å². The fourth-order valence-corrected chi connectivity index (χ4v) is 3.50. The molecule has 3 aromatic rings. The van der Waals surface area contributed by atoms with E-state index in [0.29, 0.717) is 22.5 Å². The third kappa shape index (κ3) is 2.03. The van der Waals surface area contributed by atoms with E-state index in [9.17, 15) is 9.59 Å². The van der Waals surface area contributed by atoms with Crippen molar-refractivity contribution in [3.05, 3.63) is 65.2 Å². The summed E-state index contributed by atoms with van der Waals surface area (Å²) in [5.74, 6) is -0.120. The van der Waals surface area contributed by atoms with Crippen LogP contribution in [-0.4, -0.2) is 16.1 Å². The Morgan fingerprint density at radius 2 is 1.62 bits per heavy atom. The quantitative estimate of drug-likeness (QED) is 0.545. The van der Waals surface area contributed by atoms with Gasteiger partial charge in [0.25, 0.3) is 0 Å². The van der Waals surface area contributed by atoms with Crippen molar-refractivity contribution in [1.82, 2.24) is 4.57 Å². The standard InChI is InChI=1S/C20H19N2O2/c1-3-4-9-22-12-21(2)17-18(22)20(24)16-11-14-8-6-5-7-13(14)10-15(16)19(17)23/h5-8,10-12H,3-4,9H2,1-2H3/q+1. The molecular weight excluding hydrogens is 300 g/mol. The molecule has 0 fully saturated rings. The van der Waals surface area contributed by atoms with Crippen LogP contribution in [0.3, 0.4) is 0 Å². The highest BCUT2D eigenvalue weighted by molar-refractivity contribution is 6.27. The zero-order valence-electron chi connectivity index (χ0n) is 13.9. The van der Waals surface area contributed by atoms with E-state index in [-0.39, 0.29) is 11.6 Å². The molecule has 1 heterocycles. The van der Waals surface area contributed by atoms with E-state index in [1.165, 1.54) is 0 Å². The largest absolute Gasteiger partial charge is 0.284 e. The van der Waals surface area contributed by atoms with Crippen molar-refractivity contribution in [3.8, 4) is 0 Å². The molecule has 4 rings (SSSR count). The van der Waals surface area contributed by atoms with E-state index in [1.807, 2.05) is 54.3 Å². The monoisotopic (exact) mass is 319 g/mol. The summed E-state index contributed by atoms with van der Waals surface area (Å²) in [5, 5.41) is 1.96. The van der Waals surface area contributed by atoms with E-state index >= 15 is 0 Å². The van der Waals surface area contributed by atoms with E-state index < -0.39 is 0 Å². The number of aromatic nitrogens is 2. The van der Waals surface area contributed by atoms with Crippen molar-refractivity contribution in [2.24, 2.45) is 7.05 Å². The molecule has 0 saturated heterocycles. The van der Waals surface area contributed by atoms with Crippen molar-refractivity contribution in [1.29, 1.82) is 0 Å². The van der Waals surface area contributed by atoms with Gasteiger partial charge >= 0.3 is 0 Å². The molecule has 2 aromatic carbocycles. The Morgan fingerprint density at radius 1 is 1.00 bits per heavy atom. The molecule has 1 aliphatic carbocycles. The average molecular weight is 319 g/mol. The molecule has 4 heteroatoms. The van der Waals surface area contributed by atoms with Gasteiger partial charge in [0.15, 0.2) is 0 Å². The summed E-state index contributed by atoms with van der Waals surface area (Å²) in [5.41, 5.74) is 2.05. The zero-order chi connectivity index (χ0) is 16.8. The molecule has 0 radical (unpaired) electrons. The van der Waals surface area contributed by atoms with Crippen LogP contribution in [0.25, 0.3) is 10.8 Å². The van der Waals surface area contributed by atoms with E-state index in [4.69, 9.17) is 0 Å². The second kappa shape index (κ2) is 5.41. The van der Waals surface area contributed by atoms with Gasteiger partial charge in [-0.15, -0.1) is 0 Å². The second-order valence-corrected chi connectivity index (χ2v) is 6.37. The predicted octanol–water partition coefficient (Wildman–Crippen LogP) is 3.04. The van der Waals surface area contributed by atoms with Gasteiger partial charge in [-0.25, -0.2) is 9.13 Å². The first-order valence-electron chi connectivity index (χ1n) is 8.32. The topological polar surface area (TPSA) is 43.0 Å². The van der Waals surface area contributed by atoms with E-state index in [1.54, 1.807) is 4.57 Å². The van der Waals surface area contributed by atoms with Gasteiger partial charge in [0, 0.05) is 11.1 Å². The lowest BCUT2D eigenvalue weighted by molar-refractivity contribution is -0.672. The van der Waals surface area contributed by atoms with Crippen LogP contribution in [0.4, 0.5) is 0 Å². The van der Waals surface area contributed by atoms with Gasteiger partial charge in [-0.3, -0.25) is 9.59 Å². The van der Waals surface area contributed by atoms with Gasteiger partial charge in [-0.1, -0.05) is 37.6 Å². The van der Waals surface area contributed by atoms with Crippen LogP contribution in [0.15, 0.2) is 42.7 Å². The Kier molecular flexibility index (Phi) is 3.34. The molecule has 0 unspecified atom stereocenters. The van der Waals surface area contributed by atoms with Crippen molar-refractivity contribution >= 4 is 22.3 Å². The lowest BCUT2D eigenvalue weighted by atomic mass is 9.87. The molecule has 0 atom stereocenters. The van der Waals surface area contributed by atoms with Crippen LogP contribution in [0.1, 0.15) is 51.9 Å². The molecule has 1 aromatic heterocycles. The molecule has 0 saturated carbocycles. The van der Waals surface area contributed by atoms with Crippen molar-refractivity contribution in [2.45, 2.75) is 26.3 Å². The van der Waals surface area contributed by atoms with Crippen molar-refractivity contribution in [2.75, 3.05) is 0 Å². The molecule has 0 amide bonds. The van der Waals surface area contributed by atoms with Gasteiger partial charge in [0.1, 0.15) is 0 Å². The molecule has 24 heavy (non-hydrogen) atoms. The van der Waals surface area contributed by atoms with Crippen LogP contribution in [0.5, 0.6) is 0 Å². The molecule has 0 N–H and O–H groups in total. The normalized spacial score (nSPS) is 13.2.